The van der Waals surface area contributed by atoms with Crippen molar-refractivity contribution in [2.24, 2.45) is 0 Å². The van der Waals surface area contributed by atoms with Crippen LogP contribution < -0.4 is 10.9 Å². The van der Waals surface area contributed by atoms with E-state index in [1.807, 2.05) is 13.8 Å². The van der Waals surface area contributed by atoms with Crippen molar-refractivity contribution in [3.63, 3.8) is 0 Å². The first-order valence-corrected chi connectivity index (χ1v) is 14.2. The molecule has 0 aliphatic carbocycles. The van der Waals surface area contributed by atoms with Gasteiger partial charge in [-0.2, -0.15) is 0 Å². The van der Waals surface area contributed by atoms with E-state index >= 15 is 0 Å². The van der Waals surface area contributed by atoms with Crippen LogP contribution >= 0.6 is 0 Å². The van der Waals surface area contributed by atoms with E-state index in [4.69, 9.17) is 14.0 Å². The lowest BCUT2D eigenvalue weighted by molar-refractivity contribution is -0.0893. The summed E-state index contributed by atoms with van der Waals surface area (Å²) in [7, 11) is 1.30. The molecule has 0 unspecified atom stereocenters. The lowest BCUT2D eigenvalue weighted by Gasteiger charge is -2.37. The number of nitrogens with one attached hydrogen (secondary N) is 1. The van der Waals surface area contributed by atoms with E-state index < -0.39 is 29.5 Å². The Labute approximate surface area is 236 Å². The lowest BCUT2D eigenvalue weighted by atomic mass is 9.73. The number of hydrogen-bond donors (Lipinski definition) is 2. The standard InChI is InChI=1S/C32H48B2NO4/c1-27(2,3)19-15-21-22-16-20(28(4,5)6)18-24(34-38-31(11,12)32(13,14)39-34)26(22)35-25(21)23(17-19)33-37-30(9,10)29(7,8)36/h15-18,35-36H,1-14H3. The molecule has 39 heavy (non-hydrogen) atoms. The Morgan fingerprint density at radius 1 is 0.744 bits per heavy atom. The van der Waals surface area contributed by atoms with Gasteiger partial charge in [0.1, 0.15) is 0 Å². The molecule has 2 aromatic carbocycles. The third kappa shape index (κ3) is 5.45. The summed E-state index contributed by atoms with van der Waals surface area (Å²) in [6.45, 7) is 29.1. The van der Waals surface area contributed by atoms with Crippen LogP contribution in [0.1, 0.15) is 108 Å². The predicted molar refractivity (Wildman–Crippen MR) is 166 cm³/mol. The van der Waals surface area contributed by atoms with E-state index in [2.05, 4.69) is 98.5 Å². The molecule has 0 atom stereocenters. The number of benzene rings is 2. The van der Waals surface area contributed by atoms with E-state index in [9.17, 15) is 5.11 Å². The monoisotopic (exact) mass is 532 g/mol. The second-order valence-corrected chi connectivity index (χ2v) is 15.5. The molecule has 1 aromatic heterocycles. The molecule has 2 N–H and O–H groups in total. The average molecular weight is 532 g/mol. The summed E-state index contributed by atoms with van der Waals surface area (Å²) in [5, 5.41) is 13.0. The van der Waals surface area contributed by atoms with E-state index in [0.29, 0.717) is 0 Å². The van der Waals surface area contributed by atoms with Gasteiger partial charge < -0.3 is 24.1 Å². The molecule has 2 heterocycles. The maximum atomic E-state index is 10.7. The normalized spacial score (nSPS) is 18.4. The number of aliphatic hydroxyl groups is 1. The number of fused-ring (bicyclic) bond motifs is 3. The number of aromatic nitrogens is 1. The van der Waals surface area contributed by atoms with Gasteiger partial charge in [-0.25, -0.2) is 0 Å². The molecule has 1 aliphatic heterocycles. The second kappa shape index (κ2) is 9.11. The Kier molecular flexibility index (Phi) is 7.05. The fraction of sp³-hybridized carbons (Fsp3) is 0.625. The highest BCUT2D eigenvalue weighted by Crippen LogP contribution is 2.39. The van der Waals surface area contributed by atoms with Crippen LogP contribution in [0.25, 0.3) is 21.8 Å². The Balaban J connectivity index is 2.00. The molecule has 1 saturated heterocycles. The lowest BCUT2D eigenvalue weighted by Crippen LogP contribution is -2.49. The van der Waals surface area contributed by atoms with Gasteiger partial charge in [-0.3, -0.25) is 0 Å². The summed E-state index contributed by atoms with van der Waals surface area (Å²) in [6, 6.07) is 9.03. The van der Waals surface area contributed by atoms with Crippen molar-refractivity contribution in [1.82, 2.24) is 4.98 Å². The minimum Gasteiger partial charge on any atom is -0.427 e. The molecule has 1 aliphatic rings. The van der Waals surface area contributed by atoms with E-state index in [0.717, 1.165) is 32.7 Å². The van der Waals surface area contributed by atoms with E-state index in [1.54, 1.807) is 21.3 Å². The Bertz CT molecular complexity index is 1380. The van der Waals surface area contributed by atoms with Gasteiger partial charge in [-0.15, -0.1) is 0 Å². The first-order chi connectivity index (χ1) is 17.4. The Morgan fingerprint density at radius 3 is 1.67 bits per heavy atom. The van der Waals surface area contributed by atoms with Gasteiger partial charge in [-0.05, 0) is 94.9 Å². The third-order valence-corrected chi connectivity index (χ3v) is 9.07. The largest absolute Gasteiger partial charge is 0.497 e. The minimum atomic E-state index is -1.02. The Hall–Kier alpha value is -1.79. The van der Waals surface area contributed by atoms with E-state index in [1.165, 1.54) is 11.1 Å². The molecular formula is C32H48B2NO4. The van der Waals surface area contributed by atoms with Gasteiger partial charge in [-0.1, -0.05) is 53.7 Å². The van der Waals surface area contributed by atoms with Crippen LogP contribution in [0.5, 0.6) is 0 Å². The van der Waals surface area contributed by atoms with Crippen molar-refractivity contribution < 1.29 is 19.1 Å². The van der Waals surface area contributed by atoms with Gasteiger partial charge in [0.25, 0.3) is 0 Å². The number of hydrogen-bond acceptors (Lipinski definition) is 4. The molecule has 0 saturated carbocycles. The second-order valence-electron chi connectivity index (χ2n) is 15.5. The van der Waals surface area contributed by atoms with Crippen molar-refractivity contribution in [1.29, 1.82) is 0 Å². The van der Waals surface area contributed by atoms with Gasteiger partial charge >= 0.3 is 14.6 Å². The van der Waals surface area contributed by atoms with Crippen molar-refractivity contribution in [2.75, 3.05) is 0 Å². The zero-order chi connectivity index (χ0) is 29.6. The van der Waals surface area contributed by atoms with Gasteiger partial charge in [0, 0.05) is 27.3 Å². The molecule has 0 bridgehead atoms. The van der Waals surface area contributed by atoms with Crippen LogP contribution in [0.15, 0.2) is 24.3 Å². The molecular weight excluding hydrogens is 484 g/mol. The Morgan fingerprint density at radius 2 is 1.21 bits per heavy atom. The summed E-state index contributed by atoms with van der Waals surface area (Å²) in [6.07, 6.45) is 0. The SMILES string of the molecule is CC(C)(C)c1cc([B]OC(C)(C)C(C)(C)O)c2[nH]c3c(B4OC(C)(C)C(C)(C)O4)cc(C(C)(C)C)cc3c2c1. The highest BCUT2D eigenvalue weighted by atomic mass is 16.7. The first-order valence-electron chi connectivity index (χ1n) is 14.2. The van der Waals surface area contributed by atoms with Crippen LogP contribution in [-0.4, -0.2) is 47.1 Å². The van der Waals surface area contributed by atoms with E-state index in [-0.39, 0.29) is 10.8 Å². The molecule has 1 radical (unpaired) electrons. The maximum Gasteiger partial charge on any atom is 0.497 e. The van der Waals surface area contributed by atoms with Crippen LogP contribution in [0.4, 0.5) is 0 Å². The van der Waals surface area contributed by atoms with Crippen LogP contribution in [-0.2, 0) is 24.8 Å². The van der Waals surface area contributed by atoms with Crippen molar-refractivity contribution in [3.05, 3.63) is 35.4 Å². The molecule has 3 aromatic rings. The summed E-state index contributed by atoms with van der Waals surface area (Å²) in [4.78, 5) is 3.75. The quantitative estimate of drug-likeness (QED) is 0.395. The third-order valence-electron chi connectivity index (χ3n) is 9.07. The minimum absolute atomic E-state index is 0.0629. The van der Waals surface area contributed by atoms with Crippen molar-refractivity contribution in [2.45, 2.75) is 130 Å². The summed E-state index contributed by atoms with van der Waals surface area (Å²) < 4.78 is 19.4. The van der Waals surface area contributed by atoms with Gasteiger partial charge in [0.05, 0.1) is 22.4 Å². The maximum absolute atomic E-state index is 10.7. The van der Waals surface area contributed by atoms with Gasteiger partial charge in [0.2, 0.25) is 0 Å². The number of H-pyrrole nitrogens is 1. The average Bonchev–Trinajstić information content (AvgIpc) is 3.22. The van der Waals surface area contributed by atoms with Gasteiger partial charge in [0.15, 0.2) is 0 Å². The highest BCUT2D eigenvalue weighted by Gasteiger charge is 2.52. The molecule has 211 valence electrons. The molecule has 1 fully saturated rings. The fourth-order valence-corrected chi connectivity index (χ4v) is 4.63. The molecule has 4 rings (SSSR count). The van der Waals surface area contributed by atoms with Crippen molar-refractivity contribution in [3.8, 4) is 0 Å². The smallest absolute Gasteiger partial charge is 0.427 e. The number of rotatable bonds is 5. The first kappa shape index (κ1) is 30.2. The van der Waals surface area contributed by atoms with Crippen LogP contribution in [0.2, 0.25) is 0 Å². The topological polar surface area (TPSA) is 63.7 Å². The molecule has 5 nitrogen and oxygen atoms in total. The zero-order valence-corrected chi connectivity index (χ0v) is 26.6. The predicted octanol–water partition coefficient (Wildman–Crippen LogP) is 6.03. The van der Waals surface area contributed by atoms with Crippen molar-refractivity contribution >= 4 is 47.3 Å². The molecule has 7 heteroatoms. The summed E-state index contributed by atoms with van der Waals surface area (Å²) in [5.41, 5.74) is 3.59. The molecule has 0 spiro atoms. The fourth-order valence-electron chi connectivity index (χ4n) is 4.63. The summed E-state index contributed by atoms with van der Waals surface area (Å²) >= 11 is 0. The molecule has 0 amide bonds. The highest BCUT2D eigenvalue weighted by molar-refractivity contribution is 6.65. The van der Waals surface area contributed by atoms with Crippen LogP contribution in [0, 0.1) is 0 Å². The van der Waals surface area contributed by atoms with Crippen LogP contribution in [0.3, 0.4) is 0 Å². The number of aromatic amines is 1. The zero-order valence-electron chi connectivity index (χ0n) is 26.6. The summed E-state index contributed by atoms with van der Waals surface area (Å²) in [5.74, 6) is 0.